The van der Waals surface area contributed by atoms with Crippen molar-refractivity contribution in [2.45, 2.75) is 44.8 Å². The van der Waals surface area contributed by atoms with Crippen LogP contribution in [0.25, 0.3) is 0 Å². The molecule has 7 heteroatoms. The number of ether oxygens (including phenoxy) is 1. The molecule has 1 aromatic heterocycles. The van der Waals surface area contributed by atoms with Crippen molar-refractivity contribution in [2.24, 2.45) is 0 Å². The summed E-state index contributed by atoms with van der Waals surface area (Å²) in [6.07, 6.45) is 5.13. The van der Waals surface area contributed by atoms with Gasteiger partial charge >= 0.3 is 6.03 Å². The highest BCUT2D eigenvalue weighted by Gasteiger charge is 2.16. The van der Waals surface area contributed by atoms with Gasteiger partial charge in [0.15, 0.2) is 0 Å². The van der Waals surface area contributed by atoms with Crippen molar-refractivity contribution in [1.82, 2.24) is 20.4 Å². The molecule has 1 aromatic rings. The molecule has 2 N–H and O–H groups in total. The molecule has 1 fully saturated rings. The Kier molecular flexibility index (Phi) is 4.72. The summed E-state index contributed by atoms with van der Waals surface area (Å²) in [6.45, 7) is 2.08. The van der Waals surface area contributed by atoms with Crippen LogP contribution >= 0.6 is 0 Å². The van der Waals surface area contributed by atoms with Crippen molar-refractivity contribution in [3.8, 4) is 0 Å². The van der Waals surface area contributed by atoms with Crippen LogP contribution in [0.4, 0.5) is 4.79 Å². The Morgan fingerprint density at radius 1 is 1.36 bits per heavy atom. The molecule has 2 amide bonds. The molecule has 1 aliphatic carbocycles. The topological polar surface area (TPSA) is 85.2 Å². The third kappa shape index (κ3) is 3.65. The fourth-order valence-corrected chi connectivity index (χ4v) is 2.95. The number of carbonyl (C=O) groups excluding carboxylic acids is 1. The van der Waals surface area contributed by atoms with Crippen LogP contribution in [0.3, 0.4) is 0 Å². The number of nitrogens with one attached hydrogen (secondary N) is 2. The van der Waals surface area contributed by atoms with Gasteiger partial charge in [-0.1, -0.05) is 0 Å². The van der Waals surface area contributed by atoms with Crippen LogP contribution in [0.2, 0.25) is 0 Å². The standard InChI is InChI=1S/C15H22N4O3/c20-14-9-11-3-1-5-13(11)18-19(14)7-6-16-15(21)17-10-12-4-2-8-22-12/h9,12H,1-8,10H2,(H2,16,17,21)/t12-/m1/s1. The molecule has 2 aliphatic rings. The van der Waals surface area contributed by atoms with Gasteiger partial charge in [-0.15, -0.1) is 0 Å². The molecule has 7 nitrogen and oxygen atoms in total. The molecule has 0 bridgehead atoms. The normalized spacial score (nSPS) is 19.9. The van der Waals surface area contributed by atoms with Gasteiger partial charge in [0.1, 0.15) is 0 Å². The Balaban J connectivity index is 1.43. The molecular weight excluding hydrogens is 284 g/mol. The first-order valence-electron chi connectivity index (χ1n) is 7.95. The van der Waals surface area contributed by atoms with Crippen LogP contribution in [0, 0.1) is 0 Å². The Bertz CT molecular complexity index is 593. The zero-order chi connectivity index (χ0) is 15.4. The predicted molar refractivity (Wildman–Crippen MR) is 80.9 cm³/mol. The zero-order valence-corrected chi connectivity index (χ0v) is 12.6. The van der Waals surface area contributed by atoms with Gasteiger partial charge in [-0.3, -0.25) is 4.79 Å². The smallest absolute Gasteiger partial charge is 0.314 e. The molecule has 0 saturated carbocycles. The van der Waals surface area contributed by atoms with Crippen molar-refractivity contribution in [3.63, 3.8) is 0 Å². The molecule has 0 radical (unpaired) electrons. The van der Waals surface area contributed by atoms with Crippen LogP contribution in [-0.4, -0.2) is 41.6 Å². The van der Waals surface area contributed by atoms with E-state index in [1.807, 2.05) is 0 Å². The molecular formula is C15H22N4O3. The van der Waals surface area contributed by atoms with E-state index in [-0.39, 0.29) is 17.7 Å². The van der Waals surface area contributed by atoms with E-state index in [9.17, 15) is 9.59 Å². The highest BCUT2D eigenvalue weighted by atomic mass is 16.5. The second-order valence-electron chi connectivity index (χ2n) is 5.80. The second kappa shape index (κ2) is 6.91. The Labute approximate surface area is 129 Å². The van der Waals surface area contributed by atoms with E-state index in [4.69, 9.17) is 4.74 Å². The van der Waals surface area contributed by atoms with E-state index in [0.29, 0.717) is 19.6 Å². The largest absolute Gasteiger partial charge is 0.376 e. The third-order valence-electron chi connectivity index (χ3n) is 4.15. The van der Waals surface area contributed by atoms with E-state index < -0.39 is 0 Å². The van der Waals surface area contributed by atoms with Gasteiger partial charge in [-0.05, 0) is 37.7 Å². The van der Waals surface area contributed by atoms with Crippen LogP contribution in [-0.2, 0) is 24.1 Å². The van der Waals surface area contributed by atoms with Crippen molar-refractivity contribution < 1.29 is 9.53 Å². The first-order valence-corrected chi connectivity index (χ1v) is 7.95. The lowest BCUT2D eigenvalue weighted by atomic mass is 10.2. The summed E-state index contributed by atoms with van der Waals surface area (Å²) < 4.78 is 6.87. The van der Waals surface area contributed by atoms with Crippen molar-refractivity contribution in [3.05, 3.63) is 27.7 Å². The quantitative estimate of drug-likeness (QED) is 0.814. The fraction of sp³-hybridized carbons (Fsp3) is 0.667. The molecule has 1 saturated heterocycles. The molecule has 22 heavy (non-hydrogen) atoms. The van der Waals surface area contributed by atoms with Gasteiger partial charge < -0.3 is 15.4 Å². The number of amides is 2. The van der Waals surface area contributed by atoms with Crippen LogP contribution in [0.1, 0.15) is 30.5 Å². The summed E-state index contributed by atoms with van der Waals surface area (Å²) in [6, 6.07) is 1.44. The molecule has 1 atom stereocenters. The van der Waals surface area contributed by atoms with Crippen LogP contribution in [0.15, 0.2) is 10.9 Å². The molecule has 3 rings (SSSR count). The maximum absolute atomic E-state index is 11.9. The molecule has 2 heterocycles. The minimum atomic E-state index is -0.232. The van der Waals surface area contributed by atoms with E-state index in [2.05, 4.69) is 15.7 Å². The minimum absolute atomic E-state index is 0.0952. The average molecular weight is 306 g/mol. The zero-order valence-electron chi connectivity index (χ0n) is 12.6. The summed E-state index contributed by atoms with van der Waals surface area (Å²) in [7, 11) is 0. The lowest BCUT2D eigenvalue weighted by molar-refractivity contribution is 0.111. The Morgan fingerprint density at radius 3 is 3.09 bits per heavy atom. The summed E-state index contributed by atoms with van der Waals surface area (Å²) in [4.78, 5) is 23.6. The maximum atomic E-state index is 11.9. The Morgan fingerprint density at radius 2 is 2.27 bits per heavy atom. The highest BCUT2D eigenvalue weighted by Crippen LogP contribution is 2.16. The van der Waals surface area contributed by atoms with Crippen molar-refractivity contribution in [2.75, 3.05) is 19.7 Å². The van der Waals surface area contributed by atoms with E-state index >= 15 is 0 Å². The molecule has 1 aliphatic heterocycles. The lowest BCUT2D eigenvalue weighted by Gasteiger charge is -2.12. The molecule has 0 aromatic carbocycles. The van der Waals surface area contributed by atoms with Gasteiger partial charge in [-0.2, -0.15) is 5.10 Å². The molecule has 0 spiro atoms. The monoisotopic (exact) mass is 306 g/mol. The first kappa shape index (κ1) is 15.0. The summed E-state index contributed by atoms with van der Waals surface area (Å²) in [5.74, 6) is 0. The third-order valence-corrected chi connectivity index (χ3v) is 4.15. The Hall–Kier alpha value is -1.89. The number of hydrogen-bond acceptors (Lipinski definition) is 4. The number of hydrogen-bond donors (Lipinski definition) is 2. The molecule has 120 valence electrons. The highest BCUT2D eigenvalue weighted by molar-refractivity contribution is 5.73. The number of rotatable bonds is 5. The summed E-state index contributed by atoms with van der Waals surface area (Å²) >= 11 is 0. The lowest BCUT2D eigenvalue weighted by Crippen LogP contribution is -2.41. The summed E-state index contributed by atoms with van der Waals surface area (Å²) in [5.41, 5.74) is 1.99. The molecule has 0 unspecified atom stereocenters. The number of aryl methyl sites for hydroxylation is 2. The summed E-state index contributed by atoms with van der Waals surface area (Å²) in [5, 5.41) is 9.90. The van der Waals surface area contributed by atoms with Crippen LogP contribution < -0.4 is 16.2 Å². The van der Waals surface area contributed by atoms with E-state index in [1.54, 1.807) is 6.07 Å². The fourth-order valence-electron chi connectivity index (χ4n) is 2.95. The van der Waals surface area contributed by atoms with Gasteiger partial charge in [0, 0.05) is 25.8 Å². The van der Waals surface area contributed by atoms with Gasteiger partial charge in [0.25, 0.3) is 5.56 Å². The minimum Gasteiger partial charge on any atom is -0.376 e. The number of nitrogens with zero attached hydrogens (tertiary/aromatic N) is 2. The van der Waals surface area contributed by atoms with Crippen molar-refractivity contribution in [1.29, 1.82) is 0 Å². The second-order valence-corrected chi connectivity index (χ2v) is 5.80. The van der Waals surface area contributed by atoms with E-state index in [0.717, 1.165) is 50.0 Å². The SMILES string of the molecule is O=C(NCCn1nc2c(cc1=O)CCC2)NC[C@H]1CCCO1. The predicted octanol–water partition coefficient (Wildman–Crippen LogP) is 0.210. The average Bonchev–Trinajstić information content (AvgIpc) is 3.16. The first-order chi connectivity index (χ1) is 10.7. The number of urea groups is 1. The van der Waals surface area contributed by atoms with Gasteiger partial charge in [0.05, 0.1) is 18.3 Å². The number of aromatic nitrogens is 2. The van der Waals surface area contributed by atoms with E-state index in [1.165, 1.54) is 4.68 Å². The maximum Gasteiger partial charge on any atom is 0.314 e. The van der Waals surface area contributed by atoms with Gasteiger partial charge in [0.2, 0.25) is 0 Å². The van der Waals surface area contributed by atoms with Crippen LogP contribution in [0.5, 0.6) is 0 Å². The number of carbonyl (C=O) groups is 1. The number of fused-ring (bicyclic) bond motifs is 1. The van der Waals surface area contributed by atoms with Crippen molar-refractivity contribution >= 4 is 6.03 Å². The van der Waals surface area contributed by atoms with Gasteiger partial charge in [-0.25, -0.2) is 9.48 Å².